The van der Waals surface area contributed by atoms with Gasteiger partial charge in [-0.25, -0.2) is 18.3 Å². The van der Waals surface area contributed by atoms with E-state index >= 15 is 0 Å². The van der Waals surface area contributed by atoms with Crippen molar-refractivity contribution in [2.75, 3.05) is 5.32 Å². The average Bonchev–Trinajstić information content (AvgIpc) is 2.98. The van der Waals surface area contributed by atoms with E-state index in [2.05, 4.69) is 10.4 Å². The second-order valence-electron chi connectivity index (χ2n) is 5.97. The van der Waals surface area contributed by atoms with Gasteiger partial charge in [0.2, 0.25) is 0 Å². The van der Waals surface area contributed by atoms with Crippen LogP contribution in [-0.4, -0.2) is 26.8 Å². The van der Waals surface area contributed by atoms with Crippen LogP contribution in [0.25, 0.3) is 16.8 Å². The first-order chi connectivity index (χ1) is 13.2. The summed E-state index contributed by atoms with van der Waals surface area (Å²) in [5.41, 5.74) is 11.1. The fraction of sp³-hybridized carbons (Fsp3) is 0.0556. The highest BCUT2D eigenvalue weighted by atomic mass is 19.1. The van der Waals surface area contributed by atoms with E-state index in [1.54, 1.807) is 13.0 Å². The van der Waals surface area contributed by atoms with E-state index in [0.29, 0.717) is 11.3 Å². The van der Waals surface area contributed by atoms with Gasteiger partial charge in [-0.05, 0) is 30.2 Å². The van der Waals surface area contributed by atoms with Crippen LogP contribution in [-0.2, 0) is 0 Å². The SMILES string of the molecule is Cc1cc(-n2cc(NC(N)=O)c(C(N)=O)n2)ccc1-c1c(F)cc(O)cc1F. The summed E-state index contributed by atoms with van der Waals surface area (Å²) in [4.78, 5) is 22.6. The van der Waals surface area contributed by atoms with E-state index in [-0.39, 0.29) is 22.5 Å². The van der Waals surface area contributed by atoms with Crippen molar-refractivity contribution in [3.05, 3.63) is 59.4 Å². The first-order valence-corrected chi connectivity index (χ1v) is 7.92. The van der Waals surface area contributed by atoms with Crippen LogP contribution < -0.4 is 16.8 Å². The highest BCUT2D eigenvalue weighted by Crippen LogP contribution is 2.32. The largest absolute Gasteiger partial charge is 0.508 e. The van der Waals surface area contributed by atoms with Crippen molar-refractivity contribution >= 4 is 17.6 Å². The molecule has 3 aromatic rings. The topological polar surface area (TPSA) is 136 Å². The number of phenols is 1. The van der Waals surface area contributed by atoms with Crippen LogP contribution >= 0.6 is 0 Å². The van der Waals surface area contributed by atoms with Gasteiger partial charge in [0.25, 0.3) is 5.91 Å². The number of rotatable bonds is 4. The molecule has 1 aromatic heterocycles. The number of primary amides is 2. The van der Waals surface area contributed by atoms with Crippen LogP contribution in [0.2, 0.25) is 0 Å². The number of urea groups is 1. The summed E-state index contributed by atoms with van der Waals surface area (Å²) in [6.45, 7) is 1.63. The molecule has 28 heavy (non-hydrogen) atoms. The van der Waals surface area contributed by atoms with E-state index in [0.717, 1.165) is 12.1 Å². The van der Waals surface area contributed by atoms with Gasteiger partial charge in [0, 0.05) is 12.1 Å². The number of hydrogen-bond donors (Lipinski definition) is 4. The summed E-state index contributed by atoms with van der Waals surface area (Å²) < 4.78 is 29.6. The third kappa shape index (κ3) is 3.47. The lowest BCUT2D eigenvalue weighted by Crippen LogP contribution is -2.22. The molecule has 3 amide bonds. The van der Waals surface area contributed by atoms with Crippen molar-refractivity contribution in [1.29, 1.82) is 0 Å². The van der Waals surface area contributed by atoms with Gasteiger partial charge in [0.1, 0.15) is 17.4 Å². The first-order valence-electron chi connectivity index (χ1n) is 7.92. The number of phenolic OH excluding ortho intramolecular Hbond substituents is 1. The van der Waals surface area contributed by atoms with Gasteiger partial charge >= 0.3 is 6.03 Å². The molecule has 144 valence electrons. The van der Waals surface area contributed by atoms with Crippen LogP contribution in [0.1, 0.15) is 16.1 Å². The lowest BCUT2D eigenvalue weighted by molar-refractivity contribution is 0.0996. The van der Waals surface area contributed by atoms with Gasteiger partial charge in [0.05, 0.1) is 23.1 Å². The summed E-state index contributed by atoms with van der Waals surface area (Å²) in [6, 6.07) is 5.30. The monoisotopic (exact) mass is 387 g/mol. The second-order valence-corrected chi connectivity index (χ2v) is 5.97. The van der Waals surface area contributed by atoms with E-state index in [1.165, 1.54) is 23.0 Å². The summed E-state index contributed by atoms with van der Waals surface area (Å²) >= 11 is 0. The lowest BCUT2D eigenvalue weighted by Gasteiger charge is -2.11. The molecular weight excluding hydrogens is 372 g/mol. The zero-order valence-electron chi connectivity index (χ0n) is 14.5. The van der Waals surface area contributed by atoms with Crippen molar-refractivity contribution in [2.24, 2.45) is 11.5 Å². The Kier molecular flexibility index (Phi) is 4.70. The molecule has 0 aliphatic heterocycles. The zero-order chi connectivity index (χ0) is 20.6. The minimum atomic E-state index is -0.906. The van der Waals surface area contributed by atoms with Crippen LogP contribution in [0.15, 0.2) is 36.5 Å². The molecular formula is C18H15F2N5O3. The number of hydrogen-bond acceptors (Lipinski definition) is 4. The van der Waals surface area contributed by atoms with Gasteiger partial charge in [-0.3, -0.25) is 4.79 Å². The van der Waals surface area contributed by atoms with Crippen LogP contribution in [0.5, 0.6) is 5.75 Å². The molecule has 8 nitrogen and oxygen atoms in total. The molecule has 0 saturated heterocycles. The van der Waals surface area contributed by atoms with Crippen molar-refractivity contribution in [3.63, 3.8) is 0 Å². The molecule has 0 radical (unpaired) electrons. The average molecular weight is 387 g/mol. The first kappa shape index (κ1) is 18.8. The van der Waals surface area contributed by atoms with Crippen LogP contribution in [0.3, 0.4) is 0 Å². The van der Waals surface area contributed by atoms with Crippen molar-refractivity contribution < 1.29 is 23.5 Å². The highest BCUT2D eigenvalue weighted by molar-refractivity contribution is 6.00. The number of carbonyl (C=O) groups is 2. The van der Waals surface area contributed by atoms with Crippen molar-refractivity contribution in [1.82, 2.24) is 9.78 Å². The quantitative estimate of drug-likeness (QED) is 0.546. The Morgan fingerprint density at radius 2 is 1.79 bits per heavy atom. The van der Waals surface area contributed by atoms with Gasteiger partial charge in [-0.15, -0.1) is 0 Å². The maximum absolute atomic E-state index is 14.1. The maximum Gasteiger partial charge on any atom is 0.316 e. The number of nitrogens with one attached hydrogen (secondary N) is 1. The summed E-state index contributed by atoms with van der Waals surface area (Å²) in [5, 5.41) is 15.6. The number of nitrogens with zero attached hydrogens (tertiary/aromatic N) is 2. The maximum atomic E-state index is 14.1. The van der Waals surface area contributed by atoms with Gasteiger partial charge < -0.3 is 21.9 Å². The lowest BCUT2D eigenvalue weighted by atomic mass is 9.98. The van der Waals surface area contributed by atoms with Gasteiger partial charge in [-0.2, -0.15) is 5.10 Å². The van der Waals surface area contributed by atoms with E-state index in [9.17, 15) is 23.5 Å². The number of aryl methyl sites for hydroxylation is 1. The molecule has 1 heterocycles. The smallest absolute Gasteiger partial charge is 0.316 e. The summed E-state index contributed by atoms with van der Waals surface area (Å²) in [7, 11) is 0. The molecule has 0 fully saturated rings. The Hall–Kier alpha value is -3.95. The number of halogens is 2. The second kappa shape index (κ2) is 6.99. The Morgan fingerprint density at radius 3 is 2.32 bits per heavy atom. The molecule has 0 saturated carbocycles. The Morgan fingerprint density at radius 1 is 1.14 bits per heavy atom. The normalized spacial score (nSPS) is 10.7. The zero-order valence-corrected chi connectivity index (χ0v) is 14.5. The fourth-order valence-electron chi connectivity index (χ4n) is 2.80. The fourth-order valence-corrected chi connectivity index (χ4v) is 2.80. The molecule has 10 heteroatoms. The molecule has 6 N–H and O–H groups in total. The number of carbonyl (C=O) groups excluding carboxylic acids is 2. The van der Waals surface area contributed by atoms with Crippen LogP contribution in [0, 0.1) is 18.6 Å². The van der Waals surface area contributed by atoms with Crippen LogP contribution in [0.4, 0.5) is 19.3 Å². The molecule has 3 rings (SSSR count). The molecule has 0 aliphatic carbocycles. The molecule has 0 unspecified atom stereocenters. The van der Waals surface area contributed by atoms with E-state index in [4.69, 9.17) is 11.5 Å². The minimum absolute atomic E-state index is 0.0253. The standard InChI is InChI=1S/C18H15F2N5O3/c1-8-4-9(25-7-14(23-18(22)28)16(24-25)17(21)27)2-3-11(8)15-12(19)5-10(26)6-13(15)20/h2-7,26H,1H3,(H2,21,27)(H3,22,23,28). The number of aromatic hydroxyl groups is 1. The third-order valence-electron chi connectivity index (χ3n) is 3.98. The number of anilines is 1. The molecule has 2 aromatic carbocycles. The van der Waals surface area contributed by atoms with E-state index < -0.39 is 29.3 Å². The molecule has 0 atom stereocenters. The predicted octanol–water partition coefficient (Wildman–Crippen LogP) is 2.42. The Bertz CT molecular complexity index is 1090. The minimum Gasteiger partial charge on any atom is -0.508 e. The molecule has 0 spiro atoms. The number of aromatic nitrogens is 2. The summed E-state index contributed by atoms with van der Waals surface area (Å²) in [6.07, 6.45) is 1.33. The van der Waals surface area contributed by atoms with Crippen molar-refractivity contribution in [2.45, 2.75) is 6.92 Å². The highest BCUT2D eigenvalue weighted by Gasteiger charge is 2.18. The van der Waals surface area contributed by atoms with Gasteiger partial charge in [0.15, 0.2) is 5.69 Å². The van der Waals surface area contributed by atoms with Crippen molar-refractivity contribution in [3.8, 4) is 22.6 Å². The Balaban J connectivity index is 2.07. The third-order valence-corrected chi connectivity index (χ3v) is 3.98. The summed E-state index contributed by atoms with van der Waals surface area (Å²) in [5.74, 6) is -3.20. The van der Waals surface area contributed by atoms with Gasteiger partial charge in [-0.1, -0.05) is 6.07 Å². The Labute approximate surface area is 157 Å². The van der Waals surface area contributed by atoms with E-state index in [1.807, 2.05) is 0 Å². The number of nitrogens with two attached hydrogens (primary N) is 2. The number of benzene rings is 2. The molecule has 0 bridgehead atoms. The predicted molar refractivity (Wildman–Crippen MR) is 97.0 cm³/mol. The number of amides is 3. The molecule has 0 aliphatic rings.